The van der Waals surface area contributed by atoms with Gasteiger partial charge in [-0.25, -0.2) is 8.42 Å². The summed E-state index contributed by atoms with van der Waals surface area (Å²) in [5.41, 5.74) is 6.34. The molecule has 35 heavy (non-hydrogen) atoms. The van der Waals surface area contributed by atoms with Gasteiger partial charge in [-0.05, 0) is 49.8 Å². The Labute approximate surface area is 209 Å². The van der Waals surface area contributed by atoms with Crippen LogP contribution in [-0.4, -0.2) is 104 Å². The Kier molecular flexibility index (Phi) is 12.1. The van der Waals surface area contributed by atoms with Crippen molar-refractivity contribution in [3.05, 3.63) is 29.8 Å². The number of aliphatic hydroxyl groups excluding tert-OH is 1. The van der Waals surface area contributed by atoms with Crippen LogP contribution in [0.4, 0.5) is 0 Å². The molecule has 0 aromatic heterocycles. The van der Waals surface area contributed by atoms with E-state index in [1.807, 2.05) is 12.1 Å². The number of carbonyl (C=O) groups is 1. The van der Waals surface area contributed by atoms with E-state index in [0.29, 0.717) is 30.6 Å². The average molecular weight is 513 g/mol. The first-order chi connectivity index (χ1) is 16.5. The number of aliphatic hydroxyl groups is 1. The summed E-state index contributed by atoms with van der Waals surface area (Å²) in [6, 6.07) is 7.02. The van der Waals surface area contributed by atoms with Gasteiger partial charge in [-0.3, -0.25) is 9.69 Å². The van der Waals surface area contributed by atoms with Crippen molar-refractivity contribution in [3.8, 4) is 0 Å². The van der Waals surface area contributed by atoms with Crippen LogP contribution in [0.1, 0.15) is 37.7 Å². The number of rotatable bonds is 15. The van der Waals surface area contributed by atoms with Crippen LogP contribution in [0.25, 0.3) is 0 Å². The molecule has 1 heterocycles. The predicted octanol–water partition coefficient (Wildman–Crippen LogP) is -0.136. The SMILES string of the molecule is CS(=O)(=O)c1ccc(CN2CCN(CCCC(N)(CCCCB(O)O)C(=O)OCCO)CC2)cc1. The van der Waals surface area contributed by atoms with E-state index in [1.54, 1.807) is 12.1 Å². The summed E-state index contributed by atoms with van der Waals surface area (Å²) in [5, 5.41) is 27.0. The number of benzene rings is 1. The number of nitrogens with zero attached hydrogens (tertiary/aromatic N) is 2. The molecule has 0 radical (unpaired) electrons. The lowest BCUT2D eigenvalue weighted by molar-refractivity contribution is -0.152. The number of nitrogens with two attached hydrogens (primary N) is 1. The van der Waals surface area contributed by atoms with E-state index in [0.717, 1.165) is 51.3 Å². The molecule has 0 saturated carbocycles. The number of sulfone groups is 1. The van der Waals surface area contributed by atoms with Crippen LogP contribution < -0.4 is 5.73 Å². The van der Waals surface area contributed by atoms with Crippen molar-refractivity contribution in [2.75, 3.05) is 52.2 Å². The van der Waals surface area contributed by atoms with Crippen molar-refractivity contribution in [1.82, 2.24) is 9.80 Å². The van der Waals surface area contributed by atoms with Crippen LogP contribution in [0, 0.1) is 0 Å². The highest BCUT2D eigenvalue weighted by molar-refractivity contribution is 7.90. The summed E-state index contributed by atoms with van der Waals surface area (Å²) in [6.07, 6.45) is 4.11. The Morgan fingerprint density at radius 3 is 2.23 bits per heavy atom. The van der Waals surface area contributed by atoms with Gasteiger partial charge < -0.3 is 30.5 Å². The molecule has 0 spiro atoms. The van der Waals surface area contributed by atoms with Crippen LogP contribution in [0.3, 0.4) is 0 Å². The molecule has 1 atom stereocenters. The first-order valence-electron chi connectivity index (χ1n) is 12.2. The molecule has 1 aromatic carbocycles. The molecule has 1 aromatic rings. The second-order valence-electron chi connectivity index (χ2n) is 9.38. The van der Waals surface area contributed by atoms with E-state index in [-0.39, 0.29) is 19.5 Å². The molecule has 12 heteroatoms. The molecule has 1 fully saturated rings. The Morgan fingerprint density at radius 2 is 1.66 bits per heavy atom. The number of esters is 1. The topological polar surface area (TPSA) is 154 Å². The third kappa shape index (κ3) is 10.5. The highest BCUT2D eigenvalue weighted by Gasteiger charge is 2.35. The van der Waals surface area contributed by atoms with Gasteiger partial charge >= 0.3 is 13.1 Å². The van der Waals surface area contributed by atoms with Crippen molar-refractivity contribution in [1.29, 1.82) is 0 Å². The lowest BCUT2D eigenvalue weighted by Crippen LogP contribution is -2.50. The fourth-order valence-corrected chi connectivity index (χ4v) is 4.90. The van der Waals surface area contributed by atoms with Crippen LogP contribution in [0.5, 0.6) is 0 Å². The summed E-state index contributed by atoms with van der Waals surface area (Å²) in [7, 11) is -4.56. The highest BCUT2D eigenvalue weighted by atomic mass is 32.2. The summed E-state index contributed by atoms with van der Waals surface area (Å²) in [4.78, 5) is 17.5. The van der Waals surface area contributed by atoms with Crippen LogP contribution in [0.15, 0.2) is 29.2 Å². The minimum absolute atomic E-state index is 0.0912. The predicted molar refractivity (Wildman–Crippen MR) is 134 cm³/mol. The number of ether oxygens (including phenoxy) is 1. The van der Waals surface area contributed by atoms with Gasteiger partial charge in [0, 0.05) is 39.0 Å². The summed E-state index contributed by atoms with van der Waals surface area (Å²) < 4.78 is 28.3. The fourth-order valence-electron chi connectivity index (χ4n) is 4.27. The normalized spacial score (nSPS) is 17.2. The molecular formula is C23H40BN3O7S. The lowest BCUT2D eigenvalue weighted by atomic mass is 9.81. The van der Waals surface area contributed by atoms with E-state index < -0.39 is 28.5 Å². The monoisotopic (exact) mass is 513 g/mol. The Morgan fingerprint density at radius 1 is 1.06 bits per heavy atom. The zero-order valence-electron chi connectivity index (χ0n) is 20.6. The van der Waals surface area contributed by atoms with Crippen molar-refractivity contribution < 1.29 is 33.1 Å². The zero-order valence-corrected chi connectivity index (χ0v) is 21.5. The lowest BCUT2D eigenvalue weighted by Gasteiger charge is -2.35. The van der Waals surface area contributed by atoms with E-state index in [9.17, 15) is 13.2 Å². The maximum absolute atomic E-state index is 12.5. The van der Waals surface area contributed by atoms with Crippen molar-refractivity contribution in [2.45, 2.75) is 55.4 Å². The second-order valence-corrected chi connectivity index (χ2v) is 11.4. The number of piperazine rings is 1. The quantitative estimate of drug-likeness (QED) is 0.142. The first kappa shape index (κ1) is 29.7. The van der Waals surface area contributed by atoms with Gasteiger partial charge in [-0.15, -0.1) is 0 Å². The third-order valence-corrected chi connectivity index (χ3v) is 7.51. The minimum atomic E-state index is -3.19. The molecule has 0 amide bonds. The fraction of sp³-hybridized carbons (Fsp3) is 0.696. The smallest absolute Gasteiger partial charge is 0.451 e. The van der Waals surface area contributed by atoms with E-state index >= 15 is 0 Å². The summed E-state index contributed by atoms with van der Waals surface area (Å²) in [6.45, 7) is 4.79. The number of carbonyl (C=O) groups excluding carboxylic acids is 1. The van der Waals surface area contributed by atoms with Gasteiger partial charge in [0.05, 0.1) is 11.5 Å². The van der Waals surface area contributed by atoms with Crippen LogP contribution >= 0.6 is 0 Å². The standard InChI is InChI=1S/C23H40BN3O7S/c1-35(32,33)21-7-5-20(6-8-21)19-27-15-13-26(14-16-27)12-4-10-23(25,22(29)34-18-17-28)9-2-3-11-24(30)31/h5-8,28,30-31H,2-4,9-19,25H2,1H3. The minimum Gasteiger partial charge on any atom is -0.462 e. The molecule has 1 saturated heterocycles. The first-order valence-corrected chi connectivity index (χ1v) is 14.1. The van der Waals surface area contributed by atoms with Gasteiger partial charge in [0.2, 0.25) is 0 Å². The maximum Gasteiger partial charge on any atom is 0.451 e. The van der Waals surface area contributed by atoms with Gasteiger partial charge in [-0.2, -0.15) is 0 Å². The summed E-state index contributed by atoms with van der Waals surface area (Å²) in [5.74, 6) is -0.525. The van der Waals surface area contributed by atoms with Crippen LogP contribution in [0.2, 0.25) is 6.32 Å². The second kappa shape index (κ2) is 14.3. The number of unbranched alkanes of at least 4 members (excludes halogenated alkanes) is 1. The zero-order chi connectivity index (χ0) is 25.9. The third-order valence-electron chi connectivity index (χ3n) is 6.39. The molecule has 1 unspecified atom stereocenters. The number of hydrogen-bond acceptors (Lipinski definition) is 10. The van der Waals surface area contributed by atoms with Crippen molar-refractivity contribution in [3.63, 3.8) is 0 Å². The average Bonchev–Trinajstić information content (AvgIpc) is 2.81. The molecule has 10 nitrogen and oxygen atoms in total. The Bertz CT molecular complexity index is 878. The van der Waals surface area contributed by atoms with Gasteiger partial charge in [-0.1, -0.05) is 25.0 Å². The largest absolute Gasteiger partial charge is 0.462 e. The van der Waals surface area contributed by atoms with Crippen LogP contribution in [-0.2, 0) is 25.9 Å². The Balaban J connectivity index is 1.77. The highest BCUT2D eigenvalue weighted by Crippen LogP contribution is 2.22. The van der Waals surface area contributed by atoms with Gasteiger partial charge in [0.25, 0.3) is 0 Å². The van der Waals surface area contributed by atoms with Crippen molar-refractivity contribution in [2.24, 2.45) is 5.73 Å². The molecule has 198 valence electrons. The molecule has 2 rings (SSSR count). The molecule has 5 N–H and O–H groups in total. The molecule has 0 bridgehead atoms. The van der Waals surface area contributed by atoms with Gasteiger partial charge in [0.1, 0.15) is 12.1 Å². The molecule has 0 aliphatic carbocycles. The number of hydrogen-bond donors (Lipinski definition) is 4. The summed E-state index contributed by atoms with van der Waals surface area (Å²) >= 11 is 0. The van der Waals surface area contributed by atoms with E-state index in [1.165, 1.54) is 6.26 Å². The molecule has 1 aliphatic heterocycles. The molecule has 1 aliphatic rings. The van der Waals surface area contributed by atoms with Crippen molar-refractivity contribution >= 4 is 22.9 Å². The molecular weight excluding hydrogens is 473 g/mol. The van der Waals surface area contributed by atoms with E-state index in [2.05, 4.69) is 9.80 Å². The van der Waals surface area contributed by atoms with Gasteiger partial charge in [0.15, 0.2) is 9.84 Å². The Hall–Kier alpha value is -1.54. The maximum atomic E-state index is 12.5. The van der Waals surface area contributed by atoms with E-state index in [4.69, 9.17) is 25.6 Å².